The third-order valence-corrected chi connectivity index (χ3v) is 5.59. The molecule has 2 amide bonds. The SMILES string of the molecule is O=C(C1CCCC1)N1CCC(NC(=O)C(F)(F)C2(O)CCC2)C1. The van der Waals surface area contributed by atoms with Crippen molar-refractivity contribution in [3.05, 3.63) is 0 Å². The van der Waals surface area contributed by atoms with Gasteiger partial charge in [-0.25, -0.2) is 0 Å². The summed E-state index contributed by atoms with van der Waals surface area (Å²) in [6.07, 6.45) is 4.82. The highest BCUT2D eigenvalue weighted by Gasteiger charge is 2.61. The minimum Gasteiger partial charge on any atom is -0.383 e. The zero-order valence-electron chi connectivity index (χ0n) is 13.2. The summed E-state index contributed by atoms with van der Waals surface area (Å²) in [6.45, 7) is 0.783. The fourth-order valence-electron chi connectivity index (χ4n) is 3.82. The first-order chi connectivity index (χ1) is 10.8. The van der Waals surface area contributed by atoms with Gasteiger partial charge in [0.2, 0.25) is 5.91 Å². The van der Waals surface area contributed by atoms with E-state index in [1.807, 2.05) is 0 Å². The highest BCUT2D eigenvalue weighted by atomic mass is 19.3. The molecule has 1 unspecified atom stereocenters. The summed E-state index contributed by atoms with van der Waals surface area (Å²) in [5.41, 5.74) is -2.20. The van der Waals surface area contributed by atoms with Gasteiger partial charge in [-0.15, -0.1) is 0 Å². The summed E-state index contributed by atoms with van der Waals surface area (Å²) in [5, 5.41) is 12.1. The van der Waals surface area contributed by atoms with Crippen molar-refractivity contribution in [3.63, 3.8) is 0 Å². The van der Waals surface area contributed by atoms with E-state index in [4.69, 9.17) is 0 Å². The summed E-state index contributed by atoms with van der Waals surface area (Å²) in [4.78, 5) is 25.9. The van der Waals surface area contributed by atoms with Crippen LogP contribution < -0.4 is 5.32 Å². The van der Waals surface area contributed by atoms with Crippen LogP contribution in [0.25, 0.3) is 0 Å². The number of carbonyl (C=O) groups is 2. The van der Waals surface area contributed by atoms with Crippen molar-refractivity contribution in [2.45, 2.75) is 68.9 Å². The predicted octanol–water partition coefficient (Wildman–Crippen LogP) is 1.44. The van der Waals surface area contributed by atoms with Crippen molar-refractivity contribution in [1.29, 1.82) is 0 Å². The maximum Gasteiger partial charge on any atom is 0.352 e. The smallest absolute Gasteiger partial charge is 0.352 e. The van der Waals surface area contributed by atoms with E-state index in [-0.39, 0.29) is 31.2 Å². The largest absolute Gasteiger partial charge is 0.383 e. The Morgan fingerprint density at radius 1 is 1.13 bits per heavy atom. The monoisotopic (exact) mass is 330 g/mol. The number of carbonyl (C=O) groups excluding carboxylic acids is 2. The second-order valence-corrected chi connectivity index (χ2v) is 7.18. The Bertz CT molecular complexity index is 488. The van der Waals surface area contributed by atoms with Gasteiger partial charge in [0.15, 0.2) is 0 Å². The first-order valence-electron chi connectivity index (χ1n) is 8.53. The lowest BCUT2D eigenvalue weighted by molar-refractivity contribution is -0.216. The van der Waals surface area contributed by atoms with E-state index in [2.05, 4.69) is 5.32 Å². The Kier molecular flexibility index (Phi) is 4.33. The fourth-order valence-corrected chi connectivity index (χ4v) is 3.82. The molecule has 3 fully saturated rings. The highest BCUT2D eigenvalue weighted by Crippen LogP contribution is 2.44. The molecule has 7 heteroatoms. The van der Waals surface area contributed by atoms with Crippen molar-refractivity contribution in [2.24, 2.45) is 5.92 Å². The molecule has 1 heterocycles. The van der Waals surface area contributed by atoms with E-state index in [0.717, 1.165) is 25.7 Å². The summed E-state index contributed by atoms with van der Waals surface area (Å²) >= 11 is 0. The molecule has 0 spiro atoms. The van der Waals surface area contributed by atoms with Crippen molar-refractivity contribution >= 4 is 11.8 Å². The lowest BCUT2D eigenvalue weighted by Crippen LogP contribution is -2.62. The van der Waals surface area contributed by atoms with E-state index in [1.165, 1.54) is 0 Å². The Balaban J connectivity index is 1.53. The van der Waals surface area contributed by atoms with Crippen LogP contribution in [0.4, 0.5) is 8.78 Å². The number of rotatable bonds is 4. The molecule has 0 aromatic rings. The van der Waals surface area contributed by atoms with E-state index >= 15 is 0 Å². The van der Waals surface area contributed by atoms with Gasteiger partial charge in [-0.3, -0.25) is 9.59 Å². The standard InChI is InChI=1S/C16H24F2N2O3/c17-16(18,15(23)7-3-8-15)14(22)19-12-6-9-20(10-12)13(21)11-4-1-2-5-11/h11-12,23H,1-10H2,(H,19,22). The van der Waals surface area contributed by atoms with E-state index in [1.54, 1.807) is 4.90 Å². The van der Waals surface area contributed by atoms with Crippen LogP contribution >= 0.6 is 0 Å². The molecule has 1 atom stereocenters. The van der Waals surface area contributed by atoms with Crippen LogP contribution in [0.5, 0.6) is 0 Å². The van der Waals surface area contributed by atoms with Crippen LogP contribution in [0.1, 0.15) is 51.4 Å². The van der Waals surface area contributed by atoms with Gasteiger partial charge < -0.3 is 15.3 Å². The number of hydrogen-bond acceptors (Lipinski definition) is 3. The van der Waals surface area contributed by atoms with Crippen molar-refractivity contribution in [2.75, 3.05) is 13.1 Å². The summed E-state index contributed by atoms with van der Waals surface area (Å²) < 4.78 is 28.1. The molecule has 130 valence electrons. The molecule has 0 aromatic heterocycles. The third-order valence-electron chi connectivity index (χ3n) is 5.59. The molecule has 0 aromatic carbocycles. The van der Waals surface area contributed by atoms with Gasteiger partial charge in [0.1, 0.15) is 5.60 Å². The van der Waals surface area contributed by atoms with E-state index in [0.29, 0.717) is 19.4 Å². The topological polar surface area (TPSA) is 69.6 Å². The van der Waals surface area contributed by atoms with Crippen LogP contribution in [-0.4, -0.2) is 52.5 Å². The Morgan fingerprint density at radius 2 is 1.78 bits per heavy atom. The van der Waals surface area contributed by atoms with Gasteiger partial charge in [-0.2, -0.15) is 8.78 Å². The van der Waals surface area contributed by atoms with Gasteiger partial charge in [0.25, 0.3) is 5.91 Å². The minimum atomic E-state index is -3.77. The van der Waals surface area contributed by atoms with Crippen molar-refractivity contribution in [3.8, 4) is 0 Å². The third kappa shape index (κ3) is 2.95. The zero-order valence-corrected chi connectivity index (χ0v) is 13.2. The number of nitrogens with one attached hydrogen (secondary N) is 1. The van der Waals surface area contributed by atoms with Crippen molar-refractivity contribution in [1.82, 2.24) is 10.2 Å². The molecule has 5 nitrogen and oxygen atoms in total. The van der Waals surface area contributed by atoms with Crippen LogP contribution in [0.3, 0.4) is 0 Å². The molecular weight excluding hydrogens is 306 g/mol. The molecular formula is C16H24F2N2O3. The number of aliphatic hydroxyl groups is 1. The number of alkyl halides is 2. The highest BCUT2D eigenvalue weighted by molar-refractivity contribution is 5.85. The number of likely N-dealkylation sites (tertiary alicyclic amines) is 1. The first-order valence-corrected chi connectivity index (χ1v) is 8.53. The summed E-state index contributed by atoms with van der Waals surface area (Å²) in [5.74, 6) is -5.04. The number of halogens is 2. The molecule has 0 radical (unpaired) electrons. The Hall–Kier alpha value is -1.24. The number of hydrogen-bond donors (Lipinski definition) is 2. The minimum absolute atomic E-state index is 0.0512. The molecule has 0 bridgehead atoms. The first kappa shape index (κ1) is 16.6. The maximum absolute atomic E-state index is 14.1. The fraction of sp³-hybridized carbons (Fsp3) is 0.875. The van der Waals surface area contributed by atoms with E-state index < -0.39 is 23.5 Å². The molecule has 2 aliphatic carbocycles. The van der Waals surface area contributed by atoms with Gasteiger partial charge >= 0.3 is 5.92 Å². The predicted molar refractivity (Wildman–Crippen MR) is 78.8 cm³/mol. The van der Waals surface area contributed by atoms with Gasteiger partial charge in [-0.05, 0) is 38.5 Å². The van der Waals surface area contributed by atoms with Crippen LogP contribution in [0.15, 0.2) is 0 Å². The molecule has 3 aliphatic rings. The van der Waals surface area contributed by atoms with Crippen LogP contribution in [0, 0.1) is 5.92 Å². The summed E-state index contributed by atoms with van der Waals surface area (Å²) in [6, 6.07) is -0.456. The maximum atomic E-state index is 14.1. The molecule has 2 saturated carbocycles. The Labute approximate surface area is 134 Å². The zero-order chi connectivity index (χ0) is 16.7. The molecule has 1 saturated heterocycles. The molecule has 2 N–H and O–H groups in total. The lowest BCUT2D eigenvalue weighted by atomic mass is 9.75. The average Bonchev–Trinajstić information content (AvgIpc) is 3.15. The van der Waals surface area contributed by atoms with E-state index in [9.17, 15) is 23.5 Å². The molecule has 23 heavy (non-hydrogen) atoms. The number of amides is 2. The second kappa shape index (κ2) is 6.00. The quantitative estimate of drug-likeness (QED) is 0.820. The molecule has 1 aliphatic heterocycles. The van der Waals surface area contributed by atoms with Crippen molar-refractivity contribution < 1.29 is 23.5 Å². The Morgan fingerprint density at radius 3 is 2.35 bits per heavy atom. The lowest BCUT2D eigenvalue weighted by Gasteiger charge is -2.41. The normalized spacial score (nSPS) is 27.8. The second-order valence-electron chi connectivity index (χ2n) is 7.18. The number of nitrogens with zero attached hydrogens (tertiary/aromatic N) is 1. The van der Waals surface area contributed by atoms with Gasteiger partial charge in [0, 0.05) is 25.0 Å². The van der Waals surface area contributed by atoms with Gasteiger partial charge in [-0.1, -0.05) is 12.8 Å². The molecule has 3 rings (SSSR count). The van der Waals surface area contributed by atoms with Gasteiger partial charge in [0.05, 0.1) is 0 Å². The van der Waals surface area contributed by atoms with Crippen LogP contribution in [0.2, 0.25) is 0 Å². The summed E-state index contributed by atoms with van der Waals surface area (Å²) in [7, 11) is 0. The average molecular weight is 330 g/mol. The van der Waals surface area contributed by atoms with Crippen LogP contribution in [-0.2, 0) is 9.59 Å².